The first kappa shape index (κ1) is 26.3. The Kier molecular flexibility index (Phi) is 6.98. The maximum Gasteiger partial charge on any atom is 0.123 e. The van der Waals surface area contributed by atoms with Crippen molar-refractivity contribution in [1.29, 1.82) is 0 Å². The van der Waals surface area contributed by atoms with Crippen LogP contribution in [-0.2, 0) is 26.5 Å². The van der Waals surface area contributed by atoms with Crippen molar-refractivity contribution >= 4 is 32.5 Å². The largest absolute Gasteiger partial charge is 0.507 e. The minimum atomic E-state index is 0. The van der Waals surface area contributed by atoms with E-state index in [0.29, 0.717) is 0 Å². The standard InChI is InChI=1S/C33H27N2OS.Pt/c1-20-15-16-34-30-26(20)18-23(33(2,3)4)19-27(30)21-9-7-10-22(17-21)32-35-31-25(12-8-14-29(31)37-32)24-11-5-6-13-28(24)36;/h5-16,18-19,36H,1-4H3;/q-1;. The molecule has 0 bridgehead atoms. The predicted octanol–water partition coefficient (Wildman–Crippen LogP) is 8.95. The number of fused-ring (bicyclic) bond motifs is 2. The number of aromatic hydroxyl groups is 1. The van der Waals surface area contributed by atoms with E-state index in [1.807, 2.05) is 36.5 Å². The molecule has 0 unspecified atom stereocenters. The van der Waals surface area contributed by atoms with E-state index in [-0.39, 0.29) is 32.2 Å². The van der Waals surface area contributed by atoms with Crippen molar-refractivity contribution in [3.05, 3.63) is 102 Å². The normalized spacial score (nSPS) is 11.6. The molecule has 6 rings (SSSR count). The second-order valence-corrected chi connectivity index (χ2v) is 11.5. The third-order valence-corrected chi connectivity index (χ3v) is 7.91. The Labute approximate surface area is 241 Å². The van der Waals surface area contributed by atoms with Crippen molar-refractivity contribution < 1.29 is 26.2 Å². The van der Waals surface area contributed by atoms with Gasteiger partial charge in [0, 0.05) is 48.6 Å². The Balaban J connectivity index is 0.00000294. The van der Waals surface area contributed by atoms with Crippen LogP contribution in [0.3, 0.4) is 0 Å². The van der Waals surface area contributed by atoms with Crippen LogP contribution in [0.4, 0.5) is 0 Å². The van der Waals surface area contributed by atoms with Gasteiger partial charge in [0.25, 0.3) is 0 Å². The molecule has 4 aromatic carbocycles. The summed E-state index contributed by atoms with van der Waals surface area (Å²) in [5.41, 5.74) is 9.14. The van der Waals surface area contributed by atoms with Crippen LogP contribution in [0.25, 0.3) is 53.9 Å². The van der Waals surface area contributed by atoms with Gasteiger partial charge in [-0.15, -0.1) is 29.8 Å². The molecule has 2 aromatic heterocycles. The maximum atomic E-state index is 10.5. The summed E-state index contributed by atoms with van der Waals surface area (Å²) in [7, 11) is 0. The molecule has 38 heavy (non-hydrogen) atoms. The Morgan fingerprint density at radius 2 is 1.53 bits per heavy atom. The topological polar surface area (TPSA) is 46.0 Å². The first-order chi connectivity index (χ1) is 17.8. The summed E-state index contributed by atoms with van der Waals surface area (Å²) in [6.45, 7) is 8.87. The number of benzene rings is 4. The van der Waals surface area contributed by atoms with Gasteiger partial charge in [0.1, 0.15) is 5.75 Å². The molecule has 1 N–H and O–H groups in total. The summed E-state index contributed by atoms with van der Waals surface area (Å²) in [4.78, 5) is 9.80. The summed E-state index contributed by atoms with van der Waals surface area (Å²) in [5.74, 6) is 0.256. The number of hydrogen-bond donors (Lipinski definition) is 1. The fraction of sp³-hybridized carbons (Fsp3) is 0.152. The van der Waals surface area contributed by atoms with Crippen LogP contribution < -0.4 is 0 Å². The molecule has 0 fully saturated rings. The number of rotatable bonds is 3. The van der Waals surface area contributed by atoms with Gasteiger partial charge in [-0.3, -0.25) is 9.97 Å². The fourth-order valence-electron chi connectivity index (χ4n) is 4.76. The SMILES string of the molecule is Cc1ccnc2c(-c3[c-]c(-c4nc5c(-c6ccccc6O)cccc5s4)ccc3)cc(C(C)(C)C)cc12.[Pt]. The number of thiazole rings is 1. The van der Waals surface area contributed by atoms with E-state index in [4.69, 9.17) is 9.97 Å². The van der Waals surface area contributed by atoms with Crippen molar-refractivity contribution in [2.45, 2.75) is 33.1 Å². The van der Waals surface area contributed by atoms with E-state index < -0.39 is 0 Å². The smallest absolute Gasteiger partial charge is 0.123 e. The summed E-state index contributed by atoms with van der Waals surface area (Å²) in [6, 6.07) is 30.0. The Bertz CT molecular complexity index is 1800. The van der Waals surface area contributed by atoms with Crippen LogP contribution in [0.2, 0.25) is 0 Å². The van der Waals surface area contributed by atoms with Gasteiger partial charge in [-0.1, -0.05) is 74.4 Å². The molecule has 0 spiro atoms. The Morgan fingerprint density at radius 1 is 0.789 bits per heavy atom. The first-order valence-corrected chi connectivity index (χ1v) is 13.2. The molecule has 192 valence electrons. The third kappa shape index (κ3) is 4.68. The molecule has 0 aliphatic carbocycles. The summed E-state index contributed by atoms with van der Waals surface area (Å²) in [5, 5.41) is 12.5. The average molecular weight is 695 g/mol. The minimum Gasteiger partial charge on any atom is -0.507 e. The molecule has 0 atom stereocenters. The molecule has 0 aliphatic rings. The summed E-state index contributed by atoms with van der Waals surface area (Å²) < 4.78 is 1.08. The van der Waals surface area contributed by atoms with Gasteiger partial charge in [0.05, 0.1) is 10.5 Å². The number of nitrogens with zero attached hydrogens (tertiary/aromatic N) is 2. The molecule has 2 heterocycles. The van der Waals surface area contributed by atoms with Crippen LogP contribution in [0.5, 0.6) is 5.75 Å². The fourth-order valence-corrected chi connectivity index (χ4v) is 5.73. The van der Waals surface area contributed by atoms with Crippen LogP contribution in [0.15, 0.2) is 85.1 Å². The first-order valence-electron chi connectivity index (χ1n) is 12.4. The van der Waals surface area contributed by atoms with Crippen molar-refractivity contribution in [1.82, 2.24) is 9.97 Å². The number of hydrogen-bond acceptors (Lipinski definition) is 4. The molecule has 0 saturated carbocycles. The number of pyridine rings is 1. The van der Waals surface area contributed by atoms with Gasteiger partial charge in [-0.05, 0) is 47.1 Å². The van der Waals surface area contributed by atoms with Gasteiger partial charge < -0.3 is 5.11 Å². The molecule has 6 aromatic rings. The molecule has 3 nitrogen and oxygen atoms in total. The molecule has 0 aliphatic heterocycles. The second-order valence-electron chi connectivity index (χ2n) is 10.5. The number of para-hydroxylation sites is 2. The van der Waals surface area contributed by atoms with Crippen LogP contribution >= 0.6 is 11.3 Å². The zero-order chi connectivity index (χ0) is 25.7. The number of phenols is 1. The van der Waals surface area contributed by atoms with E-state index in [2.05, 4.69) is 76.2 Å². The number of aromatic nitrogens is 2. The van der Waals surface area contributed by atoms with Crippen LogP contribution in [0, 0.1) is 13.0 Å². The van der Waals surface area contributed by atoms with Crippen LogP contribution in [0.1, 0.15) is 31.9 Å². The Morgan fingerprint density at radius 3 is 2.32 bits per heavy atom. The zero-order valence-corrected chi connectivity index (χ0v) is 24.7. The molecule has 0 saturated heterocycles. The van der Waals surface area contributed by atoms with Crippen molar-refractivity contribution in [2.75, 3.05) is 0 Å². The predicted molar refractivity (Wildman–Crippen MR) is 155 cm³/mol. The van der Waals surface area contributed by atoms with Gasteiger partial charge in [0.2, 0.25) is 0 Å². The molecular formula is C33H27N2OPtS-. The van der Waals surface area contributed by atoms with E-state index in [9.17, 15) is 5.11 Å². The van der Waals surface area contributed by atoms with Gasteiger partial charge in [0.15, 0.2) is 0 Å². The van der Waals surface area contributed by atoms with E-state index in [1.54, 1.807) is 17.4 Å². The minimum absolute atomic E-state index is 0. The molecule has 5 heteroatoms. The van der Waals surface area contributed by atoms with E-state index >= 15 is 0 Å². The molecule has 0 amide bonds. The van der Waals surface area contributed by atoms with E-state index in [1.165, 1.54) is 16.5 Å². The number of phenolic OH excluding ortho intramolecular Hbond substituents is 1. The van der Waals surface area contributed by atoms with Crippen LogP contribution in [-0.4, -0.2) is 15.1 Å². The zero-order valence-electron chi connectivity index (χ0n) is 21.6. The molecular weight excluding hydrogens is 668 g/mol. The quantitative estimate of drug-likeness (QED) is 0.188. The van der Waals surface area contributed by atoms with E-state index in [0.717, 1.165) is 48.6 Å². The van der Waals surface area contributed by atoms with Gasteiger partial charge in [-0.25, -0.2) is 0 Å². The van der Waals surface area contributed by atoms with Crippen molar-refractivity contribution in [2.24, 2.45) is 0 Å². The summed E-state index contributed by atoms with van der Waals surface area (Å²) >= 11 is 1.64. The summed E-state index contributed by atoms with van der Waals surface area (Å²) in [6.07, 6.45) is 1.88. The number of aryl methyl sites for hydroxylation is 1. The molecule has 0 radical (unpaired) electrons. The van der Waals surface area contributed by atoms with Crippen molar-refractivity contribution in [3.8, 4) is 38.6 Å². The average Bonchev–Trinajstić information content (AvgIpc) is 3.33. The third-order valence-electron chi connectivity index (χ3n) is 6.86. The monoisotopic (exact) mass is 694 g/mol. The van der Waals surface area contributed by atoms with Gasteiger partial charge in [-0.2, -0.15) is 11.3 Å². The van der Waals surface area contributed by atoms with Crippen molar-refractivity contribution in [3.63, 3.8) is 0 Å². The Hall–Kier alpha value is -3.33. The maximum absolute atomic E-state index is 10.5. The van der Waals surface area contributed by atoms with Gasteiger partial charge >= 0.3 is 0 Å². The second kappa shape index (κ2) is 10.1.